The SMILES string of the molecule is O=C(Nc1cccc(CO)c1)c1cc(Cl)nnc1Cl. The van der Waals surface area contributed by atoms with Gasteiger partial charge in [-0.25, -0.2) is 0 Å². The Balaban J connectivity index is 2.23. The monoisotopic (exact) mass is 297 g/mol. The first kappa shape index (κ1) is 13.7. The van der Waals surface area contributed by atoms with Crippen LogP contribution in [0.3, 0.4) is 0 Å². The first-order valence-corrected chi connectivity index (χ1v) is 6.05. The molecule has 1 aromatic heterocycles. The summed E-state index contributed by atoms with van der Waals surface area (Å²) in [6.07, 6.45) is 0. The zero-order valence-corrected chi connectivity index (χ0v) is 11.1. The van der Waals surface area contributed by atoms with Crippen molar-refractivity contribution in [3.05, 3.63) is 51.8 Å². The van der Waals surface area contributed by atoms with E-state index in [0.29, 0.717) is 11.3 Å². The Labute approximate surface area is 119 Å². The third kappa shape index (κ3) is 3.41. The Bertz CT molecular complexity index is 620. The number of aliphatic hydroxyl groups is 1. The molecule has 5 nitrogen and oxygen atoms in total. The summed E-state index contributed by atoms with van der Waals surface area (Å²) in [5.41, 5.74) is 1.37. The van der Waals surface area contributed by atoms with Gasteiger partial charge in [-0.3, -0.25) is 4.79 Å². The molecule has 0 radical (unpaired) electrons. The number of carbonyl (C=O) groups excluding carboxylic acids is 1. The highest BCUT2D eigenvalue weighted by atomic mass is 35.5. The highest BCUT2D eigenvalue weighted by Gasteiger charge is 2.13. The number of benzene rings is 1. The van der Waals surface area contributed by atoms with Crippen molar-refractivity contribution in [1.29, 1.82) is 0 Å². The van der Waals surface area contributed by atoms with Crippen molar-refractivity contribution in [1.82, 2.24) is 10.2 Å². The van der Waals surface area contributed by atoms with Gasteiger partial charge in [0, 0.05) is 5.69 Å². The number of halogens is 2. The number of amides is 1. The lowest BCUT2D eigenvalue weighted by Gasteiger charge is -2.07. The molecule has 2 N–H and O–H groups in total. The maximum Gasteiger partial charge on any atom is 0.258 e. The second kappa shape index (κ2) is 5.97. The predicted octanol–water partition coefficient (Wildman–Crippen LogP) is 2.53. The lowest BCUT2D eigenvalue weighted by Crippen LogP contribution is -2.13. The molecule has 0 saturated heterocycles. The van der Waals surface area contributed by atoms with E-state index >= 15 is 0 Å². The summed E-state index contributed by atoms with van der Waals surface area (Å²) in [4.78, 5) is 12.0. The fraction of sp³-hybridized carbons (Fsp3) is 0.0833. The van der Waals surface area contributed by atoms with E-state index in [1.54, 1.807) is 24.3 Å². The first-order valence-electron chi connectivity index (χ1n) is 5.30. The van der Waals surface area contributed by atoms with Crippen LogP contribution in [0.25, 0.3) is 0 Å². The van der Waals surface area contributed by atoms with E-state index in [9.17, 15) is 4.79 Å². The summed E-state index contributed by atoms with van der Waals surface area (Å²) >= 11 is 11.4. The molecule has 19 heavy (non-hydrogen) atoms. The number of rotatable bonds is 3. The van der Waals surface area contributed by atoms with Gasteiger partial charge in [-0.1, -0.05) is 35.3 Å². The van der Waals surface area contributed by atoms with Crippen LogP contribution in [0.15, 0.2) is 30.3 Å². The minimum Gasteiger partial charge on any atom is -0.392 e. The van der Waals surface area contributed by atoms with Crippen LogP contribution in [-0.2, 0) is 6.61 Å². The van der Waals surface area contributed by atoms with Gasteiger partial charge in [0.1, 0.15) is 0 Å². The molecule has 0 saturated carbocycles. The molecule has 7 heteroatoms. The quantitative estimate of drug-likeness (QED) is 0.913. The first-order chi connectivity index (χ1) is 9.10. The minimum absolute atomic E-state index is 0.0276. The predicted molar refractivity (Wildman–Crippen MR) is 72.4 cm³/mol. The van der Waals surface area contributed by atoms with E-state index in [4.69, 9.17) is 28.3 Å². The van der Waals surface area contributed by atoms with Gasteiger partial charge >= 0.3 is 0 Å². The van der Waals surface area contributed by atoms with E-state index in [2.05, 4.69) is 15.5 Å². The highest BCUT2D eigenvalue weighted by molar-refractivity contribution is 6.34. The van der Waals surface area contributed by atoms with Crippen molar-refractivity contribution in [3.63, 3.8) is 0 Å². The fourth-order valence-electron chi connectivity index (χ4n) is 1.46. The average Bonchev–Trinajstić information content (AvgIpc) is 2.41. The van der Waals surface area contributed by atoms with E-state index in [1.807, 2.05) is 0 Å². The number of hydrogen-bond donors (Lipinski definition) is 2. The van der Waals surface area contributed by atoms with Crippen LogP contribution in [0.2, 0.25) is 10.3 Å². The van der Waals surface area contributed by atoms with Crippen LogP contribution in [0.4, 0.5) is 5.69 Å². The van der Waals surface area contributed by atoms with Gasteiger partial charge < -0.3 is 10.4 Å². The Morgan fingerprint density at radius 3 is 2.79 bits per heavy atom. The molecule has 2 aromatic rings. The summed E-state index contributed by atoms with van der Waals surface area (Å²) in [6, 6.07) is 8.15. The van der Waals surface area contributed by atoms with Gasteiger partial charge in [-0.05, 0) is 23.8 Å². The number of carbonyl (C=O) groups is 1. The molecular weight excluding hydrogens is 289 g/mol. The van der Waals surface area contributed by atoms with Gasteiger partial charge in [-0.2, -0.15) is 0 Å². The van der Waals surface area contributed by atoms with Crippen molar-refractivity contribution in [3.8, 4) is 0 Å². The number of hydrogen-bond acceptors (Lipinski definition) is 4. The van der Waals surface area contributed by atoms with E-state index in [-0.39, 0.29) is 22.5 Å². The van der Waals surface area contributed by atoms with Crippen molar-refractivity contribution >= 4 is 34.8 Å². The Kier molecular flexibility index (Phi) is 4.31. The highest BCUT2D eigenvalue weighted by Crippen LogP contribution is 2.18. The summed E-state index contributed by atoms with van der Waals surface area (Å²) in [5, 5.41) is 18.8. The van der Waals surface area contributed by atoms with Crippen LogP contribution < -0.4 is 5.32 Å². The second-order valence-electron chi connectivity index (χ2n) is 3.68. The lowest BCUT2D eigenvalue weighted by molar-refractivity contribution is 0.102. The van der Waals surface area contributed by atoms with Crippen LogP contribution in [0, 0.1) is 0 Å². The number of aromatic nitrogens is 2. The number of aliphatic hydroxyl groups excluding tert-OH is 1. The largest absolute Gasteiger partial charge is 0.392 e. The van der Waals surface area contributed by atoms with E-state index in [1.165, 1.54) is 6.07 Å². The molecule has 0 aliphatic heterocycles. The fourth-order valence-corrected chi connectivity index (χ4v) is 1.78. The van der Waals surface area contributed by atoms with Gasteiger partial charge in [-0.15, -0.1) is 10.2 Å². The molecule has 0 bridgehead atoms. The summed E-state index contributed by atoms with van der Waals surface area (Å²) in [7, 11) is 0. The smallest absolute Gasteiger partial charge is 0.258 e. The third-order valence-electron chi connectivity index (χ3n) is 2.33. The number of nitrogens with zero attached hydrogens (tertiary/aromatic N) is 2. The maximum absolute atomic E-state index is 12.0. The van der Waals surface area contributed by atoms with Crippen molar-refractivity contribution < 1.29 is 9.90 Å². The zero-order chi connectivity index (χ0) is 13.8. The van der Waals surface area contributed by atoms with Crippen LogP contribution in [0.5, 0.6) is 0 Å². The molecule has 2 rings (SSSR count). The van der Waals surface area contributed by atoms with Gasteiger partial charge in [0.25, 0.3) is 5.91 Å². The Morgan fingerprint density at radius 2 is 2.05 bits per heavy atom. The molecule has 0 aliphatic rings. The summed E-state index contributed by atoms with van der Waals surface area (Å²) in [6.45, 7) is -0.104. The number of anilines is 1. The van der Waals surface area contributed by atoms with Gasteiger partial charge in [0.05, 0.1) is 12.2 Å². The molecule has 1 amide bonds. The molecule has 0 aliphatic carbocycles. The van der Waals surface area contributed by atoms with Gasteiger partial charge in [0.2, 0.25) is 0 Å². The molecule has 1 aromatic carbocycles. The summed E-state index contributed by atoms with van der Waals surface area (Å²) < 4.78 is 0. The standard InChI is InChI=1S/C12H9Cl2N3O2/c13-10-5-9(11(14)17-16-10)12(19)15-8-3-1-2-7(4-8)6-18/h1-5,18H,6H2,(H,15,19). The molecule has 0 spiro atoms. The molecular formula is C12H9Cl2N3O2. The molecule has 0 unspecified atom stereocenters. The van der Waals surface area contributed by atoms with Crippen molar-refractivity contribution in [2.24, 2.45) is 0 Å². The lowest BCUT2D eigenvalue weighted by atomic mass is 10.2. The molecule has 98 valence electrons. The van der Waals surface area contributed by atoms with Crippen molar-refractivity contribution in [2.75, 3.05) is 5.32 Å². The zero-order valence-electron chi connectivity index (χ0n) is 9.60. The normalized spacial score (nSPS) is 10.3. The van der Waals surface area contributed by atoms with Crippen LogP contribution in [0.1, 0.15) is 15.9 Å². The average molecular weight is 298 g/mol. The van der Waals surface area contributed by atoms with E-state index < -0.39 is 5.91 Å². The maximum atomic E-state index is 12.0. The minimum atomic E-state index is -0.447. The topological polar surface area (TPSA) is 75.1 Å². The van der Waals surface area contributed by atoms with Crippen LogP contribution in [-0.4, -0.2) is 21.2 Å². The third-order valence-corrected chi connectivity index (χ3v) is 2.79. The molecule has 0 atom stereocenters. The van der Waals surface area contributed by atoms with E-state index in [0.717, 1.165) is 0 Å². The Morgan fingerprint density at radius 1 is 1.26 bits per heavy atom. The summed E-state index contributed by atoms with van der Waals surface area (Å²) in [5.74, 6) is -0.447. The Hall–Kier alpha value is -1.69. The van der Waals surface area contributed by atoms with Crippen molar-refractivity contribution in [2.45, 2.75) is 6.61 Å². The van der Waals surface area contributed by atoms with Crippen LogP contribution >= 0.6 is 23.2 Å². The van der Waals surface area contributed by atoms with Gasteiger partial charge in [0.15, 0.2) is 10.3 Å². The second-order valence-corrected chi connectivity index (χ2v) is 4.43. The number of nitrogens with one attached hydrogen (secondary N) is 1. The molecule has 1 heterocycles. The molecule has 0 fully saturated rings.